The van der Waals surface area contributed by atoms with E-state index in [-0.39, 0.29) is 5.91 Å². The normalized spacial score (nSPS) is 24.4. The number of nitrogens with zero attached hydrogens (tertiary/aromatic N) is 1. The maximum atomic E-state index is 11.6. The molecule has 0 bridgehead atoms. The molecule has 1 amide bonds. The van der Waals surface area contributed by atoms with E-state index in [1.54, 1.807) is 0 Å². The minimum atomic E-state index is -0.575. The van der Waals surface area contributed by atoms with Crippen LogP contribution in [0.5, 0.6) is 0 Å². The van der Waals surface area contributed by atoms with Crippen LogP contribution in [-0.2, 0) is 4.79 Å². The molecule has 2 atom stereocenters. The third kappa shape index (κ3) is 4.46. The lowest BCUT2D eigenvalue weighted by Crippen LogP contribution is -2.54. The number of likely N-dealkylation sites (N-methyl/N-ethyl adjacent to an activating group) is 1. The Morgan fingerprint density at radius 1 is 1.37 bits per heavy atom. The highest BCUT2D eigenvalue weighted by Gasteiger charge is 2.34. The zero-order valence-electron chi connectivity index (χ0n) is 13.3. The maximum absolute atomic E-state index is 11.6. The molecule has 4 heteroatoms. The molecule has 0 spiro atoms. The number of rotatable bonds is 6. The van der Waals surface area contributed by atoms with Gasteiger partial charge in [0, 0.05) is 13.1 Å². The highest BCUT2D eigenvalue weighted by Crippen LogP contribution is 2.33. The van der Waals surface area contributed by atoms with Crippen LogP contribution in [0.25, 0.3) is 0 Å². The maximum Gasteiger partial charge on any atom is 0.237 e. The van der Waals surface area contributed by atoms with Gasteiger partial charge in [-0.2, -0.15) is 0 Å². The molecule has 3 N–H and O–H groups in total. The zero-order valence-corrected chi connectivity index (χ0v) is 13.3. The molecular formula is C15H31N3O. The Hall–Kier alpha value is -0.610. The quantitative estimate of drug-likeness (QED) is 0.770. The summed E-state index contributed by atoms with van der Waals surface area (Å²) in [6, 6.07) is 0. The number of likely N-dealkylation sites (tertiary alicyclic amines) is 1. The van der Waals surface area contributed by atoms with E-state index >= 15 is 0 Å². The molecule has 1 aliphatic heterocycles. The predicted octanol–water partition coefficient (Wildman–Crippen LogP) is 1.60. The number of nitrogens with one attached hydrogen (secondary N) is 1. The first-order valence-corrected chi connectivity index (χ1v) is 7.46. The fraction of sp³-hybridized carbons (Fsp3) is 0.933. The summed E-state index contributed by atoms with van der Waals surface area (Å²) in [4.78, 5) is 14.0. The minimum Gasteiger partial charge on any atom is -0.368 e. The van der Waals surface area contributed by atoms with E-state index in [2.05, 4.69) is 31.0 Å². The zero-order chi connectivity index (χ0) is 14.7. The monoisotopic (exact) mass is 269 g/mol. The molecule has 0 aromatic heterocycles. The van der Waals surface area contributed by atoms with Crippen molar-refractivity contribution in [3.8, 4) is 0 Å². The number of carbonyl (C=O) groups excluding carboxylic acids is 1. The van der Waals surface area contributed by atoms with Crippen LogP contribution >= 0.6 is 0 Å². The summed E-state index contributed by atoms with van der Waals surface area (Å²) in [6.45, 7) is 14.9. The first kappa shape index (κ1) is 16.4. The summed E-state index contributed by atoms with van der Waals surface area (Å²) in [5.74, 6) is 0.507. The number of carbonyl (C=O) groups is 1. The lowest BCUT2D eigenvalue weighted by molar-refractivity contribution is -0.124. The van der Waals surface area contributed by atoms with Gasteiger partial charge in [0.2, 0.25) is 5.91 Å². The lowest BCUT2D eigenvalue weighted by Gasteiger charge is -2.30. The SMILES string of the molecule is CCNC(C)(CCN1CCC(C(C)(C)C)C1)C(N)=O. The summed E-state index contributed by atoms with van der Waals surface area (Å²) in [7, 11) is 0. The number of primary amides is 1. The van der Waals surface area contributed by atoms with Gasteiger partial charge in [-0.25, -0.2) is 0 Å². The summed E-state index contributed by atoms with van der Waals surface area (Å²) in [6.07, 6.45) is 2.05. The Morgan fingerprint density at radius 2 is 2.00 bits per heavy atom. The minimum absolute atomic E-state index is 0.249. The smallest absolute Gasteiger partial charge is 0.237 e. The molecule has 0 aliphatic carbocycles. The standard InChI is InChI=1S/C15H31N3O/c1-6-17-15(5,13(16)19)8-10-18-9-7-12(11-18)14(2,3)4/h12,17H,6-11H2,1-5H3,(H2,16,19). The lowest BCUT2D eigenvalue weighted by atomic mass is 9.80. The average molecular weight is 269 g/mol. The van der Waals surface area contributed by atoms with Crippen molar-refractivity contribution in [2.45, 2.75) is 53.0 Å². The van der Waals surface area contributed by atoms with E-state index in [9.17, 15) is 4.79 Å². The third-order valence-corrected chi connectivity index (χ3v) is 4.54. The van der Waals surface area contributed by atoms with Crippen LogP contribution in [0.2, 0.25) is 0 Å². The van der Waals surface area contributed by atoms with Gasteiger partial charge in [-0.05, 0) is 44.2 Å². The van der Waals surface area contributed by atoms with Gasteiger partial charge in [0.1, 0.15) is 0 Å². The molecule has 1 aliphatic rings. The Labute approximate surface area is 118 Å². The van der Waals surface area contributed by atoms with Gasteiger partial charge in [0.05, 0.1) is 5.54 Å². The van der Waals surface area contributed by atoms with Crippen molar-refractivity contribution >= 4 is 5.91 Å². The Kier molecular flexibility index (Phi) is 5.39. The third-order valence-electron chi connectivity index (χ3n) is 4.54. The Balaban J connectivity index is 2.47. The molecule has 1 fully saturated rings. The number of amides is 1. The van der Waals surface area contributed by atoms with Crippen LogP contribution in [0.1, 0.15) is 47.5 Å². The summed E-state index contributed by atoms with van der Waals surface area (Å²) < 4.78 is 0. The largest absolute Gasteiger partial charge is 0.368 e. The number of nitrogens with two attached hydrogens (primary N) is 1. The highest BCUT2D eigenvalue weighted by molar-refractivity contribution is 5.84. The molecule has 0 radical (unpaired) electrons. The van der Waals surface area contributed by atoms with E-state index in [1.165, 1.54) is 6.42 Å². The Morgan fingerprint density at radius 3 is 2.42 bits per heavy atom. The summed E-state index contributed by atoms with van der Waals surface area (Å²) in [5, 5.41) is 3.22. The predicted molar refractivity (Wildman–Crippen MR) is 79.9 cm³/mol. The fourth-order valence-electron chi connectivity index (χ4n) is 2.81. The van der Waals surface area contributed by atoms with E-state index in [0.717, 1.165) is 38.5 Å². The van der Waals surface area contributed by atoms with Gasteiger partial charge in [0.15, 0.2) is 0 Å². The first-order chi connectivity index (χ1) is 8.69. The molecule has 2 unspecified atom stereocenters. The molecule has 0 aromatic rings. The second kappa shape index (κ2) is 6.23. The molecule has 0 saturated carbocycles. The van der Waals surface area contributed by atoms with E-state index in [4.69, 9.17) is 5.73 Å². The van der Waals surface area contributed by atoms with E-state index in [1.807, 2.05) is 13.8 Å². The van der Waals surface area contributed by atoms with Gasteiger partial charge in [0.25, 0.3) is 0 Å². The van der Waals surface area contributed by atoms with Crippen molar-refractivity contribution in [3.63, 3.8) is 0 Å². The van der Waals surface area contributed by atoms with Crippen LogP contribution in [0.4, 0.5) is 0 Å². The first-order valence-electron chi connectivity index (χ1n) is 7.46. The van der Waals surface area contributed by atoms with Crippen LogP contribution in [0, 0.1) is 11.3 Å². The van der Waals surface area contributed by atoms with Crippen LogP contribution < -0.4 is 11.1 Å². The van der Waals surface area contributed by atoms with Crippen molar-refractivity contribution in [3.05, 3.63) is 0 Å². The van der Waals surface area contributed by atoms with Gasteiger partial charge < -0.3 is 16.0 Å². The van der Waals surface area contributed by atoms with Gasteiger partial charge in [-0.1, -0.05) is 27.7 Å². The van der Waals surface area contributed by atoms with E-state index < -0.39 is 5.54 Å². The van der Waals surface area contributed by atoms with Crippen molar-refractivity contribution in [2.75, 3.05) is 26.2 Å². The van der Waals surface area contributed by atoms with Crippen LogP contribution in [-0.4, -0.2) is 42.5 Å². The van der Waals surface area contributed by atoms with Crippen molar-refractivity contribution < 1.29 is 4.79 Å². The van der Waals surface area contributed by atoms with E-state index in [0.29, 0.717) is 5.41 Å². The average Bonchev–Trinajstić information content (AvgIpc) is 2.75. The number of hydrogen-bond acceptors (Lipinski definition) is 3. The highest BCUT2D eigenvalue weighted by atomic mass is 16.1. The van der Waals surface area contributed by atoms with Gasteiger partial charge in [-0.3, -0.25) is 4.79 Å². The van der Waals surface area contributed by atoms with Gasteiger partial charge in [-0.15, -0.1) is 0 Å². The van der Waals surface area contributed by atoms with Crippen LogP contribution in [0.15, 0.2) is 0 Å². The molecule has 1 rings (SSSR count). The van der Waals surface area contributed by atoms with Crippen LogP contribution in [0.3, 0.4) is 0 Å². The Bertz CT molecular complexity index is 311. The molecular weight excluding hydrogens is 238 g/mol. The van der Waals surface area contributed by atoms with Crippen molar-refractivity contribution in [1.82, 2.24) is 10.2 Å². The van der Waals surface area contributed by atoms with Gasteiger partial charge >= 0.3 is 0 Å². The van der Waals surface area contributed by atoms with Crippen molar-refractivity contribution in [2.24, 2.45) is 17.1 Å². The number of hydrogen-bond donors (Lipinski definition) is 2. The molecule has 1 saturated heterocycles. The summed E-state index contributed by atoms with van der Waals surface area (Å²) in [5.41, 5.74) is 5.32. The van der Waals surface area contributed by atoms with Crippen molar-refractivity contribution in [1.29, 1.82) is 0 Å². The molecule has 112 valence electrons. The molecule has 0 aromatic carbocycles. The second-order valence-corrected chi connectivity index (χ2v) is 7.13. The molecule has 4 nitrogen and oxygen atoms in total. The topological polar surface area (TPSA) is 58.4 Å². The molecule has 19 heavy (non-hydrogen) atoms. The molecule has 1 heterocycles. The summed E-state index contributed by atoms with van der Waals surface area (Å²) >= 11 is 0. The second-order valence-electron chi connectivity index (χ2n) is 7.13. The fourth-order valence-corrected chi connectivity index (χ4v) is 2.81.